The molecule has 0 bridgehead atoms. The number of thiophene rings is 1. The Labute approximate surface area is 182 Å². The molecule has 2 aromatic carbocycles. The lowest BCUT2D eigenvalue weighted by Gasteiger charge is -2.08. The number of amides is 1. The van der Waals surface area contributed by atoms with Crippen molar-refractivity contribution in [3.8, 4) is 0 Å². The summed E-state index contributed by atoms with van der Waals surface area (Å²) in [4.78, 5) is 26.1. The van der Waals surface area contributed by atoms with Gasteiger partial charge in [-0.1, -0.05) is 41.9 Å². The molecule has 1 N–H and O–H groups in total. The van der Waals surface area contributed by atoms with Crippen LogP contribution in [0.4, 0.5) is 5.69 Å². The largest absolute Gasteiger partial charge is 0.465 e. The quantitative estimate of drug-likeness (QED) is 0.436. The fourth-order valence-corrected chi connectivity index (χ4v) is 4.36. The average Bonchev–Trinajstić information content (AvgIpc) is 3.31. The van der Waals surface area contributed by atoms with E-state index in [1.165, 1.54) is 24.5 Å². The third kappa shape index (κ3) is 3.94. The summed E-state index contributed by atoms with van der Waals surface area (Å²) in [5.41, 5.74) is 2.65. The Kier molecular flexibility index (Phi) is 5.57. The maximum Gasteiger partial charge on any atom is 0.337 e. The Morgan fingerprint density at radius 1 is 1.17 bits per heavy atom. The van der Waals surface area contributed by atoms with Gasteiger partial charge in [0.2, 0.25) is 0 Å². The minimum atomic E-state index is -0.499. The molecule has 8 heteroatoms. The molecule has 4 rings (SSSR count). The second-order valence-corrected chi connectivity index (χ2v) is 8.14. The van der Waals surface area contributed by atoms with Crippen molar-refractivity contribution >= 4 is 50.7 Å². The summed E-state index contributed by atoms with van der Waals surface area (Å²) in [5, 5.41) is 8.67. The first kappa shape index (κ1) is 20.1. The van der Waals surface area contributed by atoms with E-state index in [1.807, 2.05) is 48.0 Å². The number of methoxy groups -OCH3 is 1. The molecule has 0 aliphatic carbocycles. The smallest absolute Gasteiger partial charge is 0.337 e. The summed E-state index contributed by atoms with van der Waals surface area (Å²) in [6, 6.07) is 16.5. The Hall–Kier alpha value is -3.16. The molecule has 0 atom stereocenters. The number of aryl methyl sites for hydroxylation is 1. The molecule has 0 spiro atoms. The number of nitrogens with one attached hydrogen (secondary N) is 1. The van der Waals surface area contributed by atoms with Crippen LogP contribution in [0.5, 0.6) is 0 Å². The first-order valence-corrected chi connectivity index (χ1v) is 10.4. The lowest BCUT2D eigenvalue weighted by molar-refractivity contribution is 0.0600. The topological polar surface area (TPSA) is 73.2 Å². The number of esters is 1. The number of aromatic nitrogens is 2. The van der Waals surface area contributed by atoms with Crippen LogP contribution < -0.4 is 5.32 Å². The maximum atomic E-state index is 12.9. The number of halogens is 1. The number of rotatable bonds is 5. The van der Waals surface area contributed by atoms with Crippen LogP contribution in [0, 0.1) is 6.92 Å². The summed E-state index contributed by atoms with van der Waals surface area (Å²) in [7, 11) is 1.30. The third-order valence-electron chi connectivity index (χ3n) is 4.64. The van der Waals surface area contributed by atoms with Gasteiger partial charge in [-0.2, -0.15) is 5.10 Å². The molecule has 0 saturated heterocycles. The highest BCUT2D eigenvalue weighted by Crippen LogP contribution is 2.30. The Morgan fingerprint density at radius 3 is 2.67 bits per heavy atom. The van der Waals surface area contributed by atoms with E-state index in [0.29, 0.717) is 27.7 Å². The number of anilines is 1. The zero-order chi connectivity index (χ0) is 21.3. The van der Waals surface area contributed by atoms with E-state index in [1.54, 1.807) is 12.1 Å². The van der Waals surface area contributed by atoms with Gasteiger partial charge in [0, 0.05) is 5.39 Å². The van der Waals surface area contributed by atoms with Gasteiger partial charge in [-0.05, 0) is 36.8 Å². The van der Waals surface area contributed by atoms with Gasteiger partial charge >= 0.3 is 5.97 Å². The van der Waals surface area contributed by atoms with Crippen molar-refractivity contribution in [1.29, 1.82) is 0 Å². The minimum Gasteiger partial charge on any atom is -0.465 e. The number of ether oxygens (including phenoxy) is 1. The molecular weight excluding hydrogens is 422 g/mol. The van der Waals surface area contributed by atoms with Gasteiger partial charge in [-0.3, -0.25) is 9.48 Å². The zero-order valence-electron chi connectivity index (χ0n) is 16.3. The zero-order valence-corrected chi connectivity index (χ0v) is 17.9. The van der Waals surface area contributed by atoms with Crippen molar-refractivity contribution < 1.29 is 14.3 Å². The van der Waals surface area contributed by atoms with E-state index in [0.717, 1.165) is 21.5 Å². The predicted octanol–water partition coefficient (Wildman–Crippen LogP) is 5.15. The van der Waals surface area contributed by atoms with E-state index < -0.39 is 5.97 Å². The lowest BCUT2D eigenvalue weighted by Crippen LogP contribution is -2.11. The third-order valence-corrected chi connectivity index (χ3v) is 6.12. The standard InChI is InChI=1S/C22H18ClN3O3S/c1-13-16-11-19(30-21(16)26(25-13)12-14-6-4-3-5-7-14)20(27)24-18-10-15(22(28)29-2)8-9-17(18)23/h3-11H,12H2,1-2H3,(H,24,27). The number of carbonyl (C=O) groups excluding carboxylic acids is 2. The number of fused-ring (bicyclic) bond motifs is 1. The van der Waals surface area contributed by atoms with Crippen LogP contribution in [0.15, 0.2) is 54.6 Å². The lowest BCUT2D eigenvalue weighted by atomic mass is 10.2. The van der Waals surface area contributed by atoms with Crippen LogP contribution in [0.2, 0.25) is 5.02 Å². The molecule has 0 saturated carbocycles. The van der Waals surface area contributed by atoms with Gasteiger partial charge in [-0.25, -0.2) is 4.79 Å². The summed E-state index contributed by atoms with van der Waals surface area (Å²) in [6.07, 6.45) is 0. The van der Waals surface area contributed by atoms with Gasteiger partial charge in [0.25, 0.3) is 5.91 Å². The molecule has 0 unspecified atom stereocenters. The van der Waals surface area contributed by atoms with E-state index in [2.05, 4.69) is 10.4 Å². The highest BCUT2D eigenvalue weighted by Gasteiger charge is 2.18. The van der Waals surface area contributed by atoms with Crippen molar-refractivity contribution in [1.82, 2.24) is 9.78 Å². The van der Waals surface area contributed by atoms with Gasteiger partial charge < -0.3 is 10.1 Å². The Bertz CT molecular complexity index is 1250. The molecular formula is C22H18ClN3O3S. The molecule has 0 fully saturated rings. The van der Waals surface area contributed by atoms with Crippen LogP contribution >= 0.6 is 22.9 Å². The Morgan fingerprint density at radius 2 is 1.93 bits per heavy atom. The number of hydrogen-bond donors (Lipinski definition) is 1. The normalized spacial score (nSPS) is 10.9. The SMILES string of the molecule is COC(=O)c1ccc(Cl)c(NC(=O)c2cc3c(C)nn(Cc4ccccc4)c3s2)c1. The van der Waals surface area contributed by atoms with Gasteiger partial charge in [0.15, 0.2) is 0 Å². The molecule has 2 heterocycles. The van der Waals surface area contributed by atoms with Crippen molar-refractivity contribution in [2.24, 2.45) is 0 Å². The number of nitrogens with zero attached hydrogens (tertiary/aromatic N) is 2. The van der Waals surface area contributed by atoms with Crippen LogP contribution in [0.25, 0.3) is 10.2 Å². The van der Waals surface area contributed by atoms with Crippen molar-refractivity contribution in [2.75, 3.05) is 12.4 Å². The fraction of sp³-hybridized carbons (Fsp3) is 0.136. The molecule has 0 aliphatic heterocycles. The summed E-state index contributed by atoms with van der Waals surface area (Å²) >= 11 is 7.56. The maximum absolute atomic E-state index is 12.9. The number of hydrogen-bond acceptors (Lipinski definition) is 5. The summed E-state index contributed by atoms with van der Waals surface area (Å²) < 4.78 is 6.63. The van der Waals surface area contributed by atoms with Crippen LogP contribution in [0.1, 0.15) is 31.3 Å². The molecule has 0 aliphatic rings. The van der Waals surface area contributed by atoms with Crippen molar-refractivity contribution in [2.45, 2.75) is 13.5 Å². The summed E-state index contributed by atoms with van der Waals surface area (Å²) in [6.45, 7) is 2.55. The molecule has 1 amide bonds. The predicted molar refractivity (Wildman–Crippen MR) is 119 cm³/mol. The van der Waals surface area contributed by atoms with Gasteiger partial charge in [0.1, 0.15) is 4.83 Å². The monoisotopic (exact) mass is 439 g/mol. The molecule has 2 aromatic heterocycles. The first-order valence-electron chi connectivity index (χ1n) is 9.16. The van der Waals surface area contributed by atoms with Crippen molar-refractivity contribution in [3.05, 3.63) is 81.3 Å². The summed E-state index contributed by atoms with van der Waals surface area (Å²) in [5.74, 6) is -0.800. The second kappa shape index (κ2) is 8.30. The molecule has 30 heavy (non-hydrogen) atoms. The Balaban J connectivity index is 1.62. The minimum absolute atomic E-state index is 0.300. The van der Waals surface area contributed by atoms with E-state index in [-0.39, 0.29) is 5.91 Å². The van der Waals surface area contributed by atoms with Crippen molar-refractivity contribution in [3.63, 3.8) is 0 Å². The molecule has 4 aromatic rings. The average molecular weight is 440 g/mol. The van der Waals surface area contributed by atoms with Crippen LogP contribution in [0.3, 0.4) is 0 Å². The van der Waals surface area contributed by atoms with E-state index >= 15 is 0 Å². The van der Waals surface area contributed by atoms with Gasteiger partial charge in [-0.15, -0.1) is 11.3 Å². The van der Waals surface area contributed by atoms with Crippen LogP contribution in [-0.4, -0.2) is 28.8 Å². The molecule has 6 nitrogen and oxygen atoms in total. The first-order chi connectivity index (χ1) is 14.5. The number of carbonyl (C=O) groups is 2. The molecule has 152 valence electrons. The number of benzene rings is 2. The second-order valence-electron chi connectivity index (χ2n) is 6.70. The van der Waals surface area contributed by atoms with E-state index in [4.69, 9.17) is 16.3 Å². The van der Waals surface area contributed by atoms with Gasteiger partial charge in [0.05, 0.1) is 40.5 Å². The molecule has 0 radical (unpaired) electrons. The highest BCUT2D eigenvalue weighted by atomic mass is 35.5. The fourth-order valence-electron chi connectivity index (χ4n) is 3.14. The highest BCUT2D eigenvalue weighted by molar-refractivity contribution is 7.20. The van der Waals surface area contributed by atoms with E-state index in [9.17, 15) is 9.59 Å². The van der Waals surface area contributed by atoms with Crippen LogP contribution in [-0.2, 0) is 11.3 Å².